The highest BCUT2D eigenvalue weighted by Gasteiger charge is 2.15. The zero-order valence-electron chi connectivity index (χ0n) is 15.0. The summed E-state index contributed by atoms with van der Waals surface area (Å²) >= 11 is 0. The number of hydrogen-bond donors (Lipinski definition) is 1. The van der Waals surface area contributed by atoms with Gasteiger partial charge in [0.2, 0.25) is 0 Å². The van der Waals surface area contributed by atoms with Gasteiger partial charge in [-0.3, -0.25) is 4.79 Å². The second-order valence-corrected chi connectivity index (χ2v) is 6.10. The quantitative estimate of drug-likeness (QED) is 0.706. The number of amides is 1. The molecule has 3 rings (SSSR count). The fourth-order valence-corrected chi connectivity index (χ4v) is 2.65. The van der Waals surface area contributed by atoms with Gasteiger partial charge in [-0.2, -0.15) is 0 Å². The first-order valence-electron chi connectivity index (χ1n) is 8.42. The Morgan fingerprint density at radius 3 is 2.41 bits per heavy atom. The third kappa shape index (κ3) is 4.53. The van der Waals surface area contributed by atoms with Gasteiger partial charge in [0.25, 0.3) is 5.91 Å². The maximum atomic E-state index is 13.2. The van der Waals surface area contributed by atoms with Crippen molar-refractivity contribution in [2.45, 2.75) is 19.6 Å². The molecule has 0 radical (unpaired) electrons. The van der Waals surface area contributed by atoms with Crippen LogP contribution in [0.2, 0.25) is 0 Å². The minimum Gasteiger partial charge on any atom is -0.497 e. The molecule has 0 aliphatic carbocycles. The lowest BCUT2D eigenvalue weighted by atomic mass is 10.1. The summed E-state index contributed by atoms with van der Waals surface area (Å²) in [5.74, 6) is -1.46. The van der Waals surface area contributed by atoms with Crippen molar-refractivity contribution >= 4 is 16.7 Å². The molecule has 0 spiro atoms. The molecule has 1 N–H and O–H groups in total. The molecule has 6 heteroatoms. The number of carbonyl (C=O) groups is 1. The fraction of sp³-hybridized carbons (Fsp3) is 0.190. The maximum absolute atomic E-state index is 13.2. The second-order valence-electron chi connectivity index (χ2n) is 6.10. The van der Waals surface area contributed by atoms with Gasteiger partial charge >= 0.3 is 0 Å². The summed E-state index contributed by atoms with van der Waals surface area (Å²) in [6.45, 7) is 1.87. The molecule has 4 nitrogen and oxygen atoms in total. The van der Waals surface area contributed by atoms with Gasteiger partial charge in [-0.25, -0.2) is 8.78 Å². The first-order valence-corrected chi connectivity index (χ1v) is 8.42. The number of halogens is 2. The minimum atomic E-state index is -1.02. The van der Waals surface area contributed by atoms with Crippen molar-refractivity contribution in [3.63, 3.8) is 0 Å². The van der Waals surface area contributed by atoms with Crippen LogP contribution in [0.25, 0.3) is 10.8 Å². The molecular formula is C21H19F2NO3. The van der Waals surface area contributed by atoms with Crippen LogP contribution in [0, 0.1) is 11.6 Å². The van der Waals surface area contributed by atoms with E-state index in [0.717, 1.165) is 34.2 Å². The van der Waals surface area contributed by atoms with E-state index in [9.17, 15) is 13.6 Å². The minimum absolute atomic E-state index is 0.0937. The number of fused-ring (bicyclic) bond motifs is 1. The van der Waals surface area contributed by atoms with Crippen molar-refractivity contribution in [3.05, 3.63) is 71.8 Å². The van der Waals surface area contributed by atoms with E-state index >= 15 is 0 Å². The van der Waals surface area contributed by atoms with Crippen LogP contribution in [-0.4, -0.2) is 19.1 Å². The van der Waals surface area contributed by atoms with Crippen LogP contribution < -0.4 is 14.8 Å². The van der Waals surface area contributed by atoms with E-state index in [-0.39, 0.29) is 11.7 Å². The van der Waals surface area contributed by atoms with Crippen molar-refractivity contribution in [2.75, 3.05) is 7.11 Å². The van der Waals surface area contributed by atoms with Crippen molar-refractivity contribution in [3.8, 4) is 11.5 Å². The van der Waals surface area contributed by atoms with Crippen LogP contribution in [-0.2, 0) is 11.3 Å². The molecule has 140 valence electrons. The highest BCUT2D eigenvalue weighted by Crippen LogP contribution is 2.22. The van der Waals surface area contributed by atoms with E-state index in [1.165, 1.54) is 6.07 Å². The third-order valence-corrected chi connectivity index (χ3v) is 4.15. The van der Waals surface area contributed by atoms with Gasteiger partial charge in [-0.15, -0.1) is 0 Å². The first-order chi connectivity index (χ1) is 13.0. The molecular weight excluding hydrogens is 352 g/mol. The van der Waals surface area contributed by atoms with Crippen LogP contribution in [0.1, 0.15) is 12.5 Å². The summed E-state index contributed by atoms with van der Waals surface area (Å²) in [7, 11) is 1.62. The molecule has 0 bridgehead atoms. The summed E-state index contributed by atoms with van der Waals surface area (Å²) in [5.41, 5.74) is 0.932. The average Bonchev–Trinajstić information content (AvgIpc) is 2.68. The average molecular weight is 371 g/mol. The Balaban J connectivity index is 1.60. The number of rotatable bonds is 6. The maximum Gasteiger partial charge on any atom is 0.261 e. The Kier molecular flexibility index (Phi) is 5.54. The van der Waals surface area contributed by atoms with Gasteiger partial charge in [0, 0.05) is 12.6 Å². The van der Waals surface area contributed by atoms with E-state index in [0.29, 0.717) is 6.54 Å². The predicted octanol–water partition coefficient (Wildman–Crippen LogP) is 4.21. The molecule has 0 fully saturated rings. The molecule has 3 aromatic carbocycles. The molecule has 27 heavy (non-hydrogen) atoms. The number of ether oxygens (including phenoxy) is 2. The second kappa shape index (κ2) is 8.03. The lowest BCUT2D eigenvalue weighted by Crippen LogP contribution is -2.35. The van der Waals surface area contributed by atoms with Crippen LogP contribution in [0.15, 0.2) is 54.6 Å². The summed E-state index contributed by atoms with van der Waals surface area (Å²) in [6.07, 6.45) is -0.848. The van der Waals surface area contributed by atoms with E-state index in [2.05, 4.69) is 5.32 Å². The Morgan fingerprint density at radius 2 is 1.67 bits per heavy atom. The monoisotopic (exact) mass is 371 g/mol. The summed E-state index contributed by atoms with van der Waals surface area (Å²) < 4.78 is 36.7. The third-order valence-electron chi connectivity index (χ3n) is 4.15. The standard InChI is InChI=1S/C21H19F2NO3/c1-13(27-18-7-8-19(22)20(23)11-18)21(25)24-12-14-3-4-16-10-17(26-2)6-5-15(16)9-14/h3-11,13H,12H2,1-2H3,(H,24,25). The van der Waals surface area contributed by atoms with Gasteiger partial charge in [0.1, 0.15) is 11.5 Å². The van der Waals surface area contributed by atoms with Crippen molar-refractivity contribution in [1.82, 2.24) is 5.32 Å². The highest BCUT2D eigenvalue weighted by molar-refractivity contribution is 5.85. The molecule has 1 amide bonds. The first kappa shape index (κ1) is 18.6. The largest absolute Gasteiger partial charge is 0.497 e. The summed E-state index contributed by atoms with van der Waals surface area (Å²) in [4.78, 5) is 12.2. The Labute approximate surface area is 155 Å². The molecule has 0 heterocycles. The van der Waals surface area contributed by atoms with Gasteiger partial charge in [-0.1, -0.05) is 18.2 Å². The summed E-state index contributed by atoms with van der Waals surface area (Å²) in [5, 5.41) is 4.85. The zero-order valence-corrected chi connectivity index (χ0v) is 15.0. The van der Waals surface area contributed by atoms with Crippen LogP contribution >= 0.6 is 0 Å². The molecule has 0 saturated heterocycles. The van der Waals surface area contributed by atoms with Gasteiger partial charge in [0.15, 0.2) is 17.7 Å². The number of carbonyl (C=O) groups excluding carboxylic acids is 1. The molecule has 0 aliphatic rings. The van der Waals surface area contributed by atoms with Crippen molar-refractivity contribution < 1.29 is 23.0 Å². The van der Waals surface area contributed by atoms with Gasteiger partial charge in [0.05, 0.1) is 7.11 Å². The predicted molar refractivity (Wildman–Crippen MR) is 98.8 cm³/mol. The molecule has 0 saturated carbocycles. The van der Waals surface area contributed by atoms with Crippen molar-refractivity contribution in [2.24, 2.45) is 0 Å². The lowest BCUT2D eigenvalue weighted by Gasteiger charge is -2.15. The molecule has 0 aromatic heterocycles. The molecule has 1 atom stereocenters. The van der Waals surface area contributed by atoms with Gasteiger partial charge in [-0.05, 0) is 53.6 Å². The number of nitrogens with one attached hydrogen (secondary N) is 1. The Hall–Kier alpha value is -3.15. The van der Waals surface area contributed by atoms with Crippen LogP contribution in [0.3, 0.4) is 0 Å². The molecule has 0 aliphatic heterocycles. The molecule has 1 unspecified atom stereocenters. The Morgan fingerprint density at radius 1 is 0.963 bits per heavy atom. The lowest BCUT2D eigenvalue weighted by molar-refractivity contribution is -0.127. The van der Waals surface area contributed by atoms with Gasteiger partial charge < -0.3 is 14.8 Å². The SMILES string of the molecule is COc1ccc2cc(CNC(=O)C(C)Oc3ccc(F)c(F)c3)ccc2c1. The van der Waals surface area contributed by atoms with E-state index in [4.69, 9.17) is 9.47 Å². The Bertz CT molecular complexity index is 975. The topological polar surface area (TPSA) is 47.6 Å². The smallest absolute Gasteiger partial charge is 0.261 e. The van der Waals surface area contributed by atoms with E-state index in [1.807, 2.05) is 36.4 Å². The zero-order chi connectivity index (χ0) is 19.4. The normalized spacial score (nSPS) is 11.9. The number of hydrogen-bond acceptors (Lipinski definition) is 3. The number of benzene rings is 3. The van der Waals surface area contributed by atoms with Crippen molar-refractivity contribution in [1.29, 1.82) is 0 Å². The van der Waals surface area contributed by atoms with Crippen LogP contribution in [0.4, 0.5) is 8.78 Å². The van der Waals surface area contributed by atoms with E-state index < -0.39 is 17.7 Å². The molecule has 3 aromatic rings. The van der Waals surface area contributed by atoms with E-state index in [1.54, 1.807) is 14.0 Å². The number of methoxy groups -OCH3 is 1. The summed E-state index contributed by atoms with van der Waals surface area (Å²) in [6, 6.07) is 14.8. The fourth-order valence-electron chi connectivity index (χ4n) is 2.65. The highest BCUT2D eigenvalue weighted by atomic mass is 19.2. The van der Waals surface area contributed by atoms with Crippen LogP contribution in [0.5, 0.6) is 11.5 Å².